The van der Waals surface area contributed by atoms with E-state index in [0.29, 0.717) is 0 Å². The van der Waals surface area contributed by atoms with Crippen LogP contribution < -0.4 is 9.80 Å². The second kappa shape index (κ2) is 24.3. The quantitative estimate of drug-likeness (QED) is 0.0701. The lowest BCUT2D eigenvalue weighted by atomic mass is 9.91. The van der Waals surface area contributed by atoms with E-state index in [0.717, 1.165) is 158 Å². The summed E-state index contributed by atoms with van der Waals surface area (Å²) in [7, 11) is 3.51. The summed E-state index contributed by atoms with van der Waals surface area (Å²) in [4.78, 5) is 47.3. The van der Waals surface area contributed by atoms with Gasteiger partial charge in [-0.05, 0) is 80.1 Å². The van der Waals surface area contributed by atoms with E-state index in [1.165, 1.54) is 22.3 Å². The Labute approximate surface area is 426 Å². The molecule has 0 saturated carbocycles. The SMILES string of the molecule is CO[C@@]1(C)CCN(CCCCCCC(=O)O)c2nc(-c3ccc(C)cc3)c(-c3ccc(C)cc3)nc21.CO[C@]1(C)CCN(CCCCCCC(=O)O)c2nc(-c3ccc(C)cc3)c(-c3ccc(C)cc3)nc21. The van der Waals surface area contributed by atoms with E-state index in [9.17, 15) is 9.59 Å². The van der Waals surface area contributed by atoms with Crippen LogP contribution in [-0.4, -0.2) is 82.5 Å². The average molecular weight is 975 g/mol. The normalized spacial score (nSPS) is 17.2. The smallest absolute Gasteiger partial charge is 0.303 e. The highest BCUT2D eigenvalue weighted by atomic mass is 16.5. The molecule has 12 heteroatoms. The molecular formula is C60H74N6O6. The van der Waals surface area contributed by atoms with Gasteiger partial charge in [-0.25, -0.2) is 19.9 Å². The first-order chi connectivity index (χ1) is 34.6. The predicted octanol–water partition coefficient (Wildman–Crippen LogP) is 13.1. The van der Waals surface area contributed by atoms with E-state index in [-0.39, 0.29) is 12.8 Å². The molecule has 0 spiro atoms. The number of hydrogen-bond acceptors (Lipinski definition) is 10. The first-order valence-electron chi connectivity index (χ1n) is 25.8. The summed E-state index contributed by atoms with van der Waals surface area (Å²) < 4.78 is 12.0. The number of benzene rings is 4. The van der Waals surface area contributed by atoms with Gasteiger partial charge in [0.1, 0.15) is 22.6 Å². The largest absolute Gasteiger partial charge is 0.481 e. The molecular weight excluding hydrogens is 901 g/mol. The van der Waals surface area contributed by atoms with E-state index in [1.54, 1.807) is 14.2 Å². The number of ether oxygens (including phenoxy) is 2. The minimum absolute atomic E-state index is 0.242. The van der Waals surface area contributed by atoms with Crippen molar-refractivity contribution in [1.29, 1.82) is 0 Å². The maximum absolute atomic E-state index is 10.8. The molecule has 0 aliphatic carbocycles. The summed E-state index contributed by atoms with van der Waals surface area (Å²) in [6, 6.07) is 33.9. The van der Waals surface area contributed by atoms with Gasteiger partial charge in [0.2, 0.25) is 0 Å². The van der Waals surface area contributed by atoms with E-state index in [4.69, 9.17) is 39.6 Å². The number of aromatic nitrogens is 4. The highest BCUT2D eigenvalue weighted by molar-refractivity contribution is 5.81. The van der Waals surface area contributed by atoms with Crippen molar-refractivity contribution < 1.29 is 29.3 Å². The number of hydrogen-bond donors (Lipinski definition) is 2. The van der Waals surface area contributed by atoms with Gasteiger partial charge in [0.25, 0.3) is 0 Å². The Hall–Kier alpha value is -6.50. The minimum Gasteiger partial charge on any atom is -0.481 e. The molecule has 2 aliphatic heterocycles. The fourth-order valence-electron chi connectivity index (χ4n) is 9.50. The molecule has 0 bridgehead atoms. The van der Waals surface area contributed by atoms with Gasteiger partial charge < -0.3 is 29.5 Å². The predicted molar refractivity (Wildman–Crippen MR) is 289 cm³/mol. The fraction of sp³-hybridized carbons (Fsp3) is 0.433. The van der Waals surface area contributed by atoms with Crippen molar-refractivity contribution in [3.05, 3.63) is 131 Å². The van der Waals surface area contributed by atoms with Crippen LogP contribution >= 0.6 is 0 Å². The molecule has 380 valence electrons. The van der Waals surface area contributed by atoms with Gasteiger partial charge in [-0.2, -0.15) is 0 Å². The molecule has 0 radical (unpaired) electrons. The number of anilines is 2. The summed E-state index contributed by atoms with van der Waals surface area (Å²) in [6.07, 6.45) is 9.44. The number of carboxylic acid groups (broad SMARTS) is 2. The Bertz CT molecular complexity index is 2570. The van der Waals surface area contributed by atoms with Gasteiger partial charge in [0.05, 0.1) is 22.8 Å². The van der Waals surface area contributed by atoms with Crippen molar-refractivity contribution in [2.24, 2.45) is 0 Å². The minimum atomic E-state index is -0.720. The molecule has 6 aromatic rings. The lowest BCUT2D eigenvalue weighted by molar-refractivity contribution is -0.138. The van der Waals surface area contributed by atoms with Crippen molar-refractivity contribution in [3.8, 4) is 45.0 Å². The molecule has 4 heterocycles. The first kappa shape index (κ1) is 53.3. The van der Waals surface area contributed by atoms with Gasteiger partial charge >= 0.3 is 11.9 Å². The lowest BCUT2D eigenvalue weighted by Crippen LogP contribution is -2.42. The van der Waals surface area contributed by atoms with Gasteiger partial charge in [-0.3, -0.25) is 9.59 Å². The molecule has 0 fully saturated rings. The Morgan fingerprint density at radius 2 is 0.736 bits per heavy atom. The van der Waals surface area contributed by atoms with Crippen molar-refractivity contribution in [1.82, 2.24) is 19.9 Å². The second-order valence-electron chi connectivity index (χ2n) is 20.1. The molecule has 0 saturated heterocycles. The number of fused-ring (bicyclic) bond motifs is 2. The maximum atomic E-state index is 10.8. The third-order valence-corrected chi connectivity index (χ3v) is 14.4. The molecule has 12 nitrogen and oxygen atoms in total. The van der Waals surface area contributed by atoms with Gasteiger partial charge in [-0.15, -0.1) is 0 Å². The number of nitrogens with zero attached hydrogens (tertiary/aromatic N) is 6. The molecule has 2 aromatic heterocycles. The topological polar surface area (TPSA) is 151 Å². The Balaban J connectivity index is 0.000000211. The van der Waals surface area contributed by atoms with Crippen LogP contribution in [-0.2, 0) is 30.3 Å². The zero-order valence-corrected chi connectivity index (χ0v) is 43.8. The molecule has 0 amide bonds. The van der Waals surface area contributed by atoms with Crippen LogP contribution in [0.1, 0.15) is 125 Å². The van der Waals surface area contributed by atoms with Crippen LogP contribution in [0.5, 0.6) is 0 Å². The monoisotopic (exact) mass is 975 g/mol. The van der Waals surface area contributed by atoms with Crippen LogP contribution in [0.25, 0.3) is 45.0 Å². The van der Waals surface area contributed by atoms with Crippen LogP contribution in [0.15, 0.2) is 97.1 Å². The number of carbonyl (C=O) groups is 2. The van der Waals surface area contributed by atoms with Crippen molar-refractivity contribution >= 4 is 23.6 Å². The maximum Gasteiger partial charge on any atom is 0.303 e. The molecule has 0 unspecified atom stereocenters. The fourth-order valence-corrected chi connectivity index (χ4v) is 9.50. The summed E-state index contributed by atoms with van der Waals surface area (Å²) in [6.45, 7) is 16.0. The zero-order chi connectivity index (χ0) is 51.4. The summed E-state index contributed by atoms with van der Waals surface area (Å²) in [5.41, 5.74) is 13.3. The molecule has 4 aromatic carbocycles. The van der Waals surface area contributed by atoms with Crippen LogP contribution in [0, 0.1) is 27.7 Å². The van der Waals surface area contributed by atoms with Crippen molar-refractivity contribution in [2.75, 3.05) is 50.2 Å². The molecule has 2 aliphatic rings. The van der Waals surface area contributed by atoms with E-state index >= 15 is 0 Å². The van der Waals surface area contributed by atoms with Gasteiger partial charge in [-0.1, -0.05) is 145 Å². The summed E-state index contributed by atoms with van der Waals surface area (Å²) in [5.74, 6) is 0.342. The zero-order valence-electron chi connectivity index (χ0n) is 43.8. The van der Waals surface area contributed by atoms with Crippen LogP contribution in [0.3, 0.4) is 0 Å². The number of methoxy groups -OCH3 is 2. The number of aryl methyl sites for hydroxylation is 4. The van der Waals surface area contributed by atoms with Crippen molar-refractivity contribution in [2.45, 2.75) is 130 Å². The number of unbranched alkanes of at least 4 members (excludes halogenated alkanes) is 6. The number of rotatable bonds is 20. The Morgan fingerprint density at radius 1 is 0.458 bits per heavy atom. The molecule has 2 N–H and O–H groups in total. The molecule has 2 atom stereocenters. The van der Waals surface area contributed by atoms with Gasteiger partial charge in [0, 0.05) is 75.5 Å². The lowest BCUT2D eigenvalue weighted by Gasteiger charge is -2.40. The summed E-state index contributed by atoms with van der Waals surface area (Å²) in [5, 5.41) is 17.7. The molecule has 72 heavy (non-hydrogen) atoms. The van der Waals surface area contributed by atoms with Crippen LogP contribution in [0.4, 0.5) is 11.6 Å². The standard InChI is InChI=1S/2C30H37N3O3/c2*1-21-10-14-23(15-11-21)26-27(24-16-12-22(2)13-17-24)32-29-28(31-26)30(3,36-4)18-20-33(29)19-8-6-5-7-9-25(34)35/h2*10-17H,5-9,18-20H2,1-4H3,(H,34,35)/t2*30-/m10/s1. The summed E-state index contributed by atoms with van der Waals surface area (Å²) >= 11 is 0. The van der Waals surface area contributed by atoms with E-state index in [1.807, 2.05) is 0 Å². The third kappa shape index (κ3) is 13.1. The second-order valence-corrected chi connectivity index (χ2v) is 20.1. The highest BCUT2D eigenvalue weighted by Crippen LogP contribution is 2.44. The van der Waals surface area contributed by atoms with Crippen molar-refractivity contribution in [3.63, 3.8) is 0 Å². The third-order valence-electron chi connectivity index (χ3n) is 14.4. The Kier molecular flexibility index (Phi) is 18.0. The van der Waals surface area contributed by atoms with Gasteiger partial charge in [0.15, 0.2) is 11.6 Å². The Morgan fingerprint density at radius 3 is 1.01 bits per heavy atom. The van der Waals surface area contributed by atoms with E-state index in [2.05, 4.69) is 148 Å². The average Bonchev–Trinajstić information content (AvgIpc) is 3.37. The molecule has 8 rings (SSSR count). The van der Waals surface area contributed by atoms with Crippen LogP contribution in [0.2, 0.25) is 0 Å². The van der Waals surface area contributed by atoms with E-state index < -0.39 is 23.1 Å². The highest BCUT2D eigenvalue weighted by Gasteiger charge is 2.40. The number of carboxylic acids is 2. The number of aliphatic carboxylic acids is 2. The first-order valence-corrected chi connectivity index (χ1v) is 25.8.